The summed E-state index contributed by atoms with van der Waals surface area (Å²) in [5, 5.41) is 0. The summed E-state index contributed by atoms with van der Waals surface area (Å²) in [6.07, 6.45) is 29.4. The van der Waals surface area contributed by atoms with Crippen LogP contribution in [0.25, 0.3) is 0 Å². The smallest absolute Gasteiger partial charge is 0.306 e. The summed E-state index contributed by atoms with van der Waals surface area (Å²) < 4.78 is 12.2. The molecule has 0 aliphatic rings. The van der Waals surface area contributed by atoms with Gasteiger partial charge in [0, 0.05) is 12.8 Å². The van der Waals surface area contributed by atoms with Gasteiger partial charge in [0.1, 0.15) is 13.2 Å². The first-order valence-electron chi connectivity index (χ1n) is 18.0. The number of esters is 2. The number of halogens is 1. The van der Waals surface area contributed by atoms with Gasteiger partial charge >= 0.3 is 11.9 Å². The second kappa shape index (κ2) is 32.0. The molecule has 6 heteroatoms. The van der Waals surface area contributed by atoms with Gasteiger partial charge in [0.2, 0.25) is 0 Å². The number of unbranched alkanes of at least 4 members (excludes halogenated alkanes) is 20. The minimum Gasteiger partial charge on any atom is -1.00 e. The highest BCUT2D eigenvalue weighted by Gasteiger charge is 2.26. The lowest BCUT2D eigenvalue weighted by atomic mass is 10.1. The van der Waals surface area contributed by atoms with E-state index in [9.17, 15) is 9.59 Å². The summed E-state index contributed by atoms with van der Waals surface area (Å²) in [4.78, 5) is 25.0. The number of quaternary nitrogens is 1. The Morgan fingerprint density at radius 3 is 1.26 bits per heavy atom. The molecule has 0 heterocycles. The van der Waals surface area contributed by atoms with Crippen LogP contribution in [-0.4, -0.2) is 56.3 Å². The highest BCUT2D eigenvalue weighted by molar-refractivity contribution is 5.70. The van der Waals surface area contributed by atoms with Gasteiger partial charge in [0.05, 0.1) is 20.6 Å². The van der Waals surface area contributed by atoms with Crippen molar-refractivity contribution in [1.29, 1.82) is 0 Å². The Labute approximate surface area is 279 Å². The number of carbonyl (C=O) groups is 2. The van der Waals surface area contributed by atoms with Crippen LogP contribution in [0.2, 0.25) is 0 Å². The lowest BCUT2D eigenvalue weighted by Crippen LogP contribution is -3.00. The first-order valence-corrected chi connectivity index (χ1v) is 18.0. The van der Waals surface area contributed by atoms with Crippen LogP contribution >= 0.6 is 0 Å². The van der Waals surface area contributed by atoms with Gasteiger partial charge in [-0.1, -0.05) is 149 Å². The van der Waals surface area contributed by atoms with E-state index in [0.717, 1.165) is 43.1 Å². The van der Waals surface area contributed by atoms with Crippen LogP contribution in [0.3, 0.4) is 0 Å². The Hall–Kier alpha value is -0.370. The minimum absolute atomic E-state index is 0. The van der Waals surface area contributed by atoms with Crippen LogP contribution in [0, 0.1) is 0 Å². The number of ether oxygens (including phenoxy) is 2. The van der Waals surface area contributed by atoms with E-state index in [1.165, 1.54) is 116 Å². The van der Waals surface area contributed by atoms with Crippen molar-refractivity contribution in [2.45, 2.75) is 187 Å². The van der Waals surface area contributed by atoms with E-state index in [1.807, 2.05) is 0 Å². The molecule has 252 valence electrons. The third-order valence-electron chi connectivity index (χ3n) is 8.22. The molecule has 0 rings (SSSR count). The van der Waals surface area contributed by atoms with Gasteiger partial charge in [-0.05, 0) is 19.3 Å². The molecular weight excluding hydrogens is 637 g/mol. The number of hydrogen-bond donors (Lipinski definition) is 0. The Kier molecular flexibility index (Phi) is 33.4. The van der Waals surface area contributed by atoms with Crippen molar-refractivity contribution in [2.24, 2.45) is 0 Å². The van der Waals surface area contributed by atoms with Gasteiger partial charge in [0.15, 0.2) is 6.10 Å². The van der Waals surface area contributed by atoms with Gasteiger partial charge in [-0.3, -0.25) is 9.59 Å². The molecule has 0 spiro atoms. The van der Waals surface area contributed by atoms with Crippen molar-refractivity contribution in [3.8, 4) is 0 Å². The largest absolute Gasteiger partial charge is 1.00 e. The number of hydrogen-bond acceptors (Lipinski definition) is 4. The van der Waals surface area contributed by atoms with E-state index in [-0.39, 0.29) is 48.6 Å². The van der Waals surface area contributed by atoms with Gasteiger partial charge in [0.25, 0.3) is 0 Å². The standard InChI is InChI=1S/C36H72NO4.HI/c1-6-9-11-13-15-17-19-21-23-25-27-29-35(38)40-33-34(32-37(4,5)31-8-3)41-36(39)30-28-26-24-22-20-18-16-14-12-10-7-2;/h34H,6-33H2,1-5H3;1H/q+1;/p-1. The van der Waals surface area contributed by atoms with E-state index in [2.05, 4.69) is 34.9 Å². The fourth-order valence-corrected chi connectivity index (χ4v) is 5.74. The molecule has 0 N–H and O–H groups in total. The van der Waals surface area contributed by atoms with Gasteiger partial charge in [-0.25, -0.2) is 0 Å². The lowest BCUT2D eigenvalue weighted by molar-refractivity contribution is -0.893. The second-order valence-electron chi connectivity index (χ2n) is 13.2. The molecule has 0 fully saturated rings. The third-order valence-corrected chi connectivity index (χ3v) is 8.22. The van der Waals surface area contributed by atoms with Crippen molar-refractivity contribution >= 4 is 11.9 Å². The van der Waals surface area contributed by atoms with Gasteiger partial charge < -0.3 is 37.9 Å². The van der Waals surface area contributed by atoms with Crippen molar-refractivity contribution in [3.63, 3.8) is 0 Å². The molecule has 0 saturated carbocycles. The summed E-state index contributed by atoms with van der Waals surface area (Å²) >= 11 is 0. The molecule has 0 aromatic carbocycles. The molecular formula is C36H72INO4. The summed E-state index contributed by atoms with van der Waals surface area (Å²) in [6, 6.07) is 0. The van der Waals surface area contributed by atoms with E-state index in [0.29, 0.717) is 19.4 Å². The number of nitrogens with zero attached hydrogens (tertiary/aromatic N) is 1. The Morgan fingerprint density at radius 1 is 0.524 bits per heavy atom. The van der Waals surface area contributed by atoms with E-state index >= 15 is 0 Å². The average Bonchev–Trinajstić information content (AvgIpc) is 2.93. The highest BCUT2D eigenvalue weighted by atomic mass is 127. The summed E-state index contributed by atoms with van der Waals surface area (Å²) in [6.45, 7) is 8.53. The van der Waals surface area contributed by atoms with Crippen LogP contribution in [0.1, 0.15) is 181 Å². The Balaban J connectivity index is 0. The third kappa shape index (κ3) is 31.1. The maximum Gasteiger partial charge on any atom is 0.306 e. The molecule has 0 bridgehead atoms. The SMILES string of the molecule is CCCCCCCCCCCCCC(=O)OCC(C[N+](C)(C)CCC)OC(=O)CCCCCCCCCCCCC.[I-]. The highest BCUT2D eigenvalue weighted by Crippen LogP contribution is 2.15. The maximum absolute atomic E-state index is 12.6. The van der Waals surface area contributed by atoms with E-state index < -0.39 is 0 Å². The minimum atomic E-state index is -0.377. The van der Waals surface area contributed by atoms with Crippen molar-refractivity contribution in [3.05, 3.63) is 0 Å². The molecule has 0 aliphatic carbocycles. The van der Waals surface area contributed by atoms with Crippen LogP contribution in [0.4, 0.5) is 0 Å². The van der Waals surface area contributed by atoms with E-state index in [1.54, 1.807) is 0 Å². The predicted octanol–water partition coefficient (Wildman–Crippen LogP) is 7.33. The fraction of sp³-hybridized carbons (Fsp3) is 0.944. The summed E-state index contributed by atoms with van der Waals surface area (Å²) in [7, 11) is 4.31. The molecule has 1 unspecified atom stereocenters. The Morgan fingerprint density at radius 2 is 0.881 bits per heavy atom. The average molecular weight is 710 g/mol. The molecule has 1 atom stereocenters. The first-order chi connectivity index (χ1) is 19.8. The number of carbonyl (C=O) groups excluding carboxylic acids is 2. The summed E-state index contributed by atoms with van der Waals surface area (Å²) in [5.41, 5.74) is 0. The van der Waals surface area contributed by atoms with Crippen molar-refractivity contribution in [1.82, 2.24) is 0 Å². The van der Waals surface area contributed by atoms with Crippen molar-refractivity contribution in [2.75, 3.05) is 33.8 Å². The molecule has 0 saturated heterocycles. The zero-order valence-corrected chi connectivity index (χ0v) is 31.0. The number of likely N-dealkylation sites (N-methyl/N-ethyl adjacent to an activating group) is 1. The molecule has 0 aromatic heterocycles. The lowest BCUT2D eigenvalue weighted by Gasteiger charge is -2.32. The van der Waals surface area contributed by atoms with Crippen LogP contribution in [0.5, 0.6) is 0 Å². The van der Waals surface area contributed by atoms with Crippen LogP contribution < -0.4 is 24.0 Å². The molecule has 0 aromatic rings. The Bertz CT molecular complexity index is 599. The zero-order valence-electron chi connectivity index (χ0n) is 28.8. The molecule has 42 heavy (non-hydrogen) atoms. The topological polar surface area (TPSA) is 52.6 Å². The molecule has 0 aliphatic heterocycles. The number of rotatable bonds is 31. The summed E-state index contributed by atoms with van der Waals surface area (Å²) in [5.74, 6) is -0.308. The first kappa shape index (κ1) is 43.8. The normalized spacial score (nSPS) is 12.1. The zero-order chi connectivity index (χ0) is 30.4. The second-order valence-corrected chi connectivity index (χ2v) is 13.2. The van der Waals surface area contributed by atoms with E-state index in [4.69, 9.17) is 9.47 Å². The van der Waals surface area contributed by atoms with Gasteiger partial charge in [-0.2, -0.15) is 0 Å². The quantitative estimate of drug-likeness (QED) is 0.0328. The fourth-order valence-electron chi connectivity index (χ4n) is 5.74. The predicted molar refractivity (Wildman–Crippen MR) is 175 cm³/mol. The maximum atomic E-state index is 12.6. The van der Waals surface area contributed by atoms with Crippen molar-refractivity contribution < 1.29 is 47.5 Å². The van der Waals surface area contributed by atoms with Crippen LogP contribution in [-0.2, 0) is 19.1 Å². The molecule has 0 radical (unpaired) electrons. The molecule has 0 amide bonds. The van der Waals surface area contributed by atoms with Crippen LogP contribution in [0.15, 0.2) is 0 Å². The molecule has 5 nitrogen and oxygen atoms in total. The monoisotopic (exact) mass is 709 g/mol. The van der Waals surface area contributed by atoms with Gasteiger partial charge in [-0.15, -0.1) is 0 Å².